The normalized spacial score (nSPS) is 19.6. The lowest BCUT2D eigenvalue weighted by Crippen LogP contribution is -2.52. The zero-order valence-electron chi connectivity index (χ0n) is 37.3. The molecule has 3 aliphatic heterocycles. The number of hydrogen-bond donors (Lipinski definition) is 4. The van der Waals surface area contributed by atoms with Gasteiger partial charge in [0.25, 0.3) is 5.91 Å². The number of aryl methyl sites for hydroxylation is 2. The van der Waals surface area contributed by atoms with Gasteiger partial charge < -0.3 is 49.3 Å². The maximum Gasteiger partial charge on any atom is 0.407 e. The van der Waals surface area contributed by atoms with E-state index in [1.807, 2.05) is 55.1 Å². The maximum atomic E-state index is 14.3. The van der Waals surface area contributed by atoms with E-state index in [0.29, 0.717) is 36.7 Å². The number of benzene rings is 4. The number of alkyl carbamates (subject to hydrolysis) is 2. The van der Waals surface area contributed by atoms with E-state index in [1.54, 1.807) is 4.90 Å². The Kier molecular flexibility index (Phi) is 11.1. The first-order valence-corrected chi connectivity index (χ1v) is 22.4. The highest BCUT2D eigenvalue weighted by atomic mass is 16.7. The molecule has 3 saturated heterocycles. The second-order valence-corrected chi connectivity index (χ2v) is 17.7. The lowest BCUT2D eigenvalue weighted by Gasteiger charge is -2.29. The van der Waals surface area contributed by atoms with Gasteiger partial charge in [0, 0.05) is 28.8 Å². The fraction of sp³-hybridized carbons (Fsp3) is 0.360. The number of nitrogens with one attached hydrogen (secondary N) is 4. The molecule has 1 aliphatic carbocycles. The number of imidazole rings is 2. The van der Waals surface area contributed by atoms with Crippen molar-refractivity contribution in [1.29, 1.82) is 0 Å². The minimum absolute atomic E-state index is 0.0966. The van der Waals surface area contributed by atoms with Crippen LogP contribution in [0.2, 0.25) is 0 Å². The molecule has 1 spiro atoms. The molecule has 4 aliphatic rings. The van der Waals surface area contributed by atoms with Gasteiger partial charge in [-0.3, -0.25) is 9.59 Å². The molecule has 3 fully saturated rings. The lowest BCUT2D eigenvalue weighted by atomic mass is 9.89. The molecule has 0 radical (unpaired) electrons. The molecular weight excluding hydrogens is 841 g/mol. The Labute approximate surface area is 381 Å². The number of likely N-dealkylation sites (tertiary alicyclic amines) is 2. The second-order valence-electron chi connectivity index (χ2n) is 17.7. The zero-order chi connectivity index (χ0) is 45.9. The lowest BCUT2D eigenvalue weighted by molar-refractivity contribution is -0.144. The van der Waals surface area contributed by atoms with Crippen molar-refractivity contribution in [2.45, 2.75) is 69.5 Å². The number of carbonyl (C=O) groups excluding carboxylic acids is 4. The molecule has 0 bridgehead atoms. The van der Waals surface area contributed by atoms with Gasteiger partial charge in [0.2, 0.25) is 11.7 Å². The predicted octanol–water partition coefficient (Wildman–Crippen LogP) is 7.20. The van der Waals surface area contributed by atoms with E-state index in [1.165, 1.54) is 19.8 Å². The topological polar surface area (TPSA) is 193 Å². The van der Waals surface area contributed by atoms with Gasteiger partial charge in [0.1, 0.15) is 29.8 Å². The smallest absolute Gasteiger partial charge is 0.407 e. The first kappa shape index (κ1) is 42.9. The van der Waals surface area contributed by atoms with Crippen LogP contribution in [-0.2, 0) is 41.4 Å². The summed E-state index contributed by atoms with van der Waals surface area (Å²) in [6.07, 6.45) is 1.82. The molecule has 4 atom stereocenters. The Morgan fingerprint density at radius 1 is 0.833 bits per heavy atom. The van der Waals surface area contributed by atoms with Crippen molar-refractivity contribution >= 4 is 45.8 Å². The van der Waals surface area contributed by atoms with Crippen molar-refractivity contribution in [3.8, 4) is 22.4 Å². The number of H-pyrrole nitrogens is 2. The Balaban J connectivity index is 0.915. The summed E-state index contributed by atoms with van der Waals surface area (Å²) in [7, 11) is 2.55. The molecule has 66 heavy (non-hydrogen) atoms. The fourth-order valence-corrected chi connectivity index (χ4v) is 10.1. The van der Waals surface area contributed by atoms with Crippen LogP contribution in [0.1, 0.15) is 73.3 Å². The van der Waals surface area contributed by atoms with Crippen molar-refractivity contribution in [3.05, 3.63) is 119 Å². The van der Waals surface area contributed by atoms with E-state index in [-0.39, 0.29) is 30.3 Å². The molecule has 6 aromatic rings. The SMILES string of the molecule is C=C1[C@@H](c2nc3c(ccc4cc(-c5ccc6c(c5)CCc5[nH]c(C7CCCN7C(=O)[C@H](NC(=O)OC)c7ccccc7)nc5-6)ccc43)[nH]2)N(C(=O)[C@@H](NC(=O)OC)C(C)C)CC12OCCO2. The minimum atomic E-state index is -1.19. The molecule has 4 amide bonds. The van der Waals surface area contributed by atoms with Crippen LogP contribution in [0.25, 0.3) is 44.2 Å². The molecule has 5 heterocycles. The van der Waals surface area contributed by atoms with Gasteiger partial charge in [-0.2, -0.15) is 0 Å². The molecule has 10 rings (SSSR count). The summed E-state index contributed by atoms with van der Waals surface area (Å²) in [5, 5.41) is 7.39. The van der Waals surface area contributed by atoms with Crippen LogP contribution in [0.15, 0.2) is 91.0 Å². The number of nitrogens with zero attached hydrogens (tertiary/aromatic N) is 4. The highest BCUT2D eigenvalue weighted by molar-refractivity contribution is 6.05. The highest BCUT2D eigenvalue weighted by Gasteiger charge is 2.56. The van der Waals surface area contributed by atoms with Crippen LogP contribution in [0.4, 0.5) is 9.59 Å². The summed E-state index contributed by atoms with van der Waals surface area (Å²) in [4.78, 5) is 73.9. The summed E-state index contributed by atoms with van der Waals surface area (Å²) in [5.74, 6) is -0.679. The molecule has 1 unspecified atom stereocenters. The van der Waals surface area contributed by atoms with Crippen LogP contribution in [-0.4, -0.2) is 106 Å². The molecule has 340 valence electrons. The van der Waals surface area contributed by atoms with Gasteiger partial charge in [-0.15, -0.1) is 0 Å². The van der Waals surface area contributed by atoms with Crippen LogP contribution >= 0.6 is 0 Å². The Morgan fingerprint density at radius 3 is 2.33 bits per heavy atom. The number of methoxy groups -OCH3 is 2. The average molecular weight is 893 g/mol. The van der Waals surface area contributed by atoms with Gasteiger partial charge >= 0.3 is 12.2 Å². The third-order valence-electron chi connectivity index (χ3n) is 13.5. The fourth-order valence-electron chi connectivity index (χ4n) is 10.1. The third kappa shape index (κ3) is 7.43. The second kappa shape index (κ2) is 17.1. The molecule has 0 saturated carbocycles. The van der Waals surface area contributed by atoms with Gasteiger partial charge in [0.15, 0.2) is 0 Å². The number of amides is 4. The monoisotopic (exact) mass is 892 g/mol. The van der Waals surface area contributed by atoms with Crippen molar-refractivity contribution in [1.82, 2.24) is 40.4 Å². The molecule has 16 nitrogen and oxygen atoms in total. The first-order valence-electron chi connectivity index (χ1n) is 22.4. The average Bonchev–Trinajstić information content (AvgIpc) is 4.20. The summed E-state index contributed by atoms with van der Waals surface area (Å²) < 4.78 is 21.9. The van der Waals surface area contributed by atoms with Gasteiger partial charge in [0.05, 0.1) is 56.7 Å². The summed E-state index contributed by atoms with van der Waals surface area (Å²) in [6.45, 7) is 9.49. The van der Waals surface area contributed by atoms with Crippen molar-refractivity contribution in [3.63, 3.8) is 0 Å². The van der Waals surface area contributed by atoms with Crippen molar-refractivity contribution in [2.24, 2.45) is 5.92 Å². The van der Waals surface area contributed by atoms with Crippen LogP contribution < -0.4 is 10.6 Å². The van der Waals surface area contributed by atoms with E-state index in [9.17, 15) is 19.2 Å². The van der Waals surface area contributed by atoms with Gasteiger partial charge in [-0.05, 0) is 71.4 Å². The third-order valence-corrected chi connectivity index (χ3v) is 13.5. The standard InChI is InChI=1S/C50H52N8O8/c1-27(2)39(55-48(61)63-4)46(59)58-26-50(65-22-23-66-50)28(3)43(58)45-52-37-20-16-33-25-31(14-18-35(33)42(37)54-45)30-13-17-34-32(24-30)15-19-36-41(34)53-44(51-36)38-12-9-21-57(38)47(60)40(56-49(62)64-5)29-10-7-6-8-11-29/h6-8,10-11,13-14,16-18,20,24-25,27,38-40,43H,3,9,12,15,19,21-23,26H2,1-2,4-5H3,(H,51,53)(H,52,54)(H,55,61)(H,56,62)/t38?,39-,40+,43-/m0/s1. The van der Waals surface area contributed by atoms with Crippen LogP contribution in [0.5, 0.6) is 0 Å². The van der Waals surface area contributed by atoms with Crippen LogP contribution in [0.3, 0.4) is 0 Å². The van der Waals surface area contributed by atoms with E-state index < -0.39 is 36.1 Å². The maximum absolute atomic E-state index is 14.3. The number of aromatic amines is 2. The summed E-state index contributed by atoms with van der Waals surface area (Å²) in [6, 6.07) is 23.4. The Hall–Kier alpha value is -7.04. The van der Waals surface area contributed by atoms with E-state index >= 15 is 0 Å². The number of carbonyl (C=O) groups is 4. The largest absolute Gasteiger partial charge is 0.453 e. The van der Waals surface area contributed by atoms with E-state index in [2.05, 4.69) is 69.6 Å². The van der Waals surface area contributed by atoms with Gasteiger partial charge in [-0.25, -0.2) is 19.6 Å². The molecule has 4 N–H and O–H groups in total. The molecule has 2 aromatic heterocycles. The number of ether oxygens (including phenoxy) is 4. The zero-order valence-corrected chi connectivity index (χ0v) is 37.3. The summed E-state index contributed by atoms with van der Waals surface area (Å²) >= 11 is 0. The Bertz CT molecular complexity index is 2900. The van der Waals surface area contributed by atoms with Crippen molar-refractivity contribution in [2.75, 3.05) is 40.5 Å². The van der Waals surface area contributed by atoms with E-state index in [0.717, 1.165) is 81.4 Å². The van der Waals surface area contributed by atoms with Crippen molar-refractivity contribution < 1.29 is 38.1 Å². The minimum Gasteiger partial charge on any atom is -0.453 e. The molecular formula is C50H52N8O8. The predicted molar refractivity (Wildman–Crippen MR) is 245 cm³/mol. The first-order chi connectivity index (χ1) is 32.0. The number of aromatic nitrogens is 4. The number of rotatable bonds is 9. The van der Waals surface area contributed by atoms with Gasteiger partial charge in [-0.1, -0.05) is 87.2 Å². The number of fused-ring (bicyclic) bond motifs is 6. The summed E-state index contributed by atoms with van der Waals surface area (Å²) in [5.41, 5.74) is 9.14. The number of hydrogen-bond acceptors (Lipinski definition) is 10. The van der Waals surface area contributed by atoms with Crippen LogP contribution in [0, 0.1) is 5.92 Å². The molecule has 4 aromatic carbocycles. The van der Waals surface area contributed by atoms with E-state index in [4.69, 9.17) is 28.9 Å². The highest BCUT2D eigenvalue weighted by Crippen LogP contribution is 2.47. The quantitative estimate of drug-likeness (QED) is 0.108. The Morgan fingerprint density at radius 2 is 1.58 bits per heavy atom. The molecule has 16 heteroatoms.